The molecule has 0 aliphatic carbocycles. The molecule has 0 heterocycles. The normalized spacial score (nSPS) is 10.4. The summed E-state index contributed by atoms with van der Waals surface area (Å²) in [5.74, 6) is -2.52. The zero-order valence-electron chi connectivity index (χ0n) is 14.2. The molecule has 2 N–H and O–H groups in total. The quantitative estimate of drug-likeness (QED) is 0.668. The molecule has 0 spiro atoms. The Balaban J connectivity index is 1.59. The standard InChI is InChI=1S/C21H18F2N2O/c1-14-2-4-15(5-3-14)13-24-17-7-9-18(10-8-17)25-21(26)16-6-11-19(22)20(23)12-16/h2-12,24H,13H2,1H3,(H,25,26). The predicted molar refractivity (Wildman–Crippen MR) is 99.3 cm³/mol. The average molecular weight is 352 g/mol. The third kappa shape index (κ3) is 4.45. The molecule has 0 saturated carbocycles. The van der Waals surface area contributed by atoms with Crippen molar-refractivity contribution in [2.75, 3.05) is 10.6 Å². The highest BCUT2D eigenvalue weighted by Gasteiger charge is 2.10. The minimum absolute atomic E-state index is 0.0606. The van der Waals surface area contributed by atoms with Crippen molar-refractivity contribution in [3.8, 4) is 0 Å². The van der Waals surface area contributed by atoms with Crippen LogP contribution in [-0.2, 0) is 6.54 Å². The van der Waals surface area contributed by atoms with Crippen molar-refractivity contribution in [3.63, 3.8) is 0 Å². The minimum Gasteiger partial charge on any atom is -0.381 e. The van der Waals surface area contributed by atoms with Crippen LogP contribution in [0.3, 0.4) is 0 Å². The van der Waals surface area contributed by atoms with Gasteiger partial charge in [-0.1, -0.05) is 29.8 Å². The number of rotatable bonds is 5. The Morgan fingerprint density at radius 3 is 2.15 bits per heavy atom. The Bertz CT molecular complexity index is 906. The molecule has 5 heteroatoms. The van der Waals surface area contributed by atoms with E-state index in [2.05, 4.69) is 34.9 Å². The van der Waals surface area contributed by atoms with Crippen LogP contribution in [0.2, 0.25) is 0 Å². The van der Waals surface area contributed by atoms with E-state index in [0.717, 1.165) is 17.8 Å². The molecule has 3 nitrogen and oxygen atoms in total. The largest absolute Gasteiger partial charge is 0.381 e. The fourth-order valence-corrected chi connectivity index (χ4v) is 2.42. The highest BCUT2D eigenvalue weighted by Crippen LogP contribution is 2.16. The van der Waals surface area contributed by atoms with Gasteiger partial charge in [0.15, 0.2) is 11.6 Å². The summed E-state index contributed by atoms with van der Waals surface area (Å²) in [6, 6.07) is 18.5. The third-order valence-corrected chi connectivity index (χ3v) is 3.94. The molecule has 3 aromatic rings. The molecule has 3 rings (SSSR count). The van der Waals surface area contributed by atoms with Crippen LogP contribution in [0.25, 0.3) is 0 Å². The monoisotopic (exact) mass is 352 g/mol. The molecule has 26 heavy (non-hydrogen) atoms. The van der Waals surface area contributed by atoms with Gasteiger partial charge in [-0.15, -0.1) is 0 Å². The second-order valence-corrected chi connectivity index (χ2v) is 6.00. The summed E-state index contributed by atoms with van der Waals surface area (Å²) in [5.41, 5.74) is 3.93. The second-order valence-electron chi connectivity index (χ2n) is 6.00. The summed E-state index contributed by atoms with van der Waals surface area (Å²) >= 11 is 0. The van der Waals surface area contributed by atoms with Crippen molar-refractivity contribution in [2.45, 2.75) is 13.5 Å². The van der Waals surface area contributed by atoms with Crippen molar-refractivity contribution >= 4 is 17.3 Å². The Labute approximate surface area is 150 Å². The SMILES string of the molecule is Cc1ccc(CNc2ccc(NC(=O)c3ccc(F)c(F)c3)cc2)cc1. The molecule has 1 amide bonds. The number of carbonyl (C=O) groups is 1. The van der Waals surface area contributed by atoms with Gasteiger partial charge in [0.1, 0.15) is 0 Å². The first-order valence-corrected chi connectivity index (χ1v) is 8.17. The molecule has 132 valence electrons. The molecule has 0 aromatic heterocycles. The van der Waals surface area contributed by atoms with E-state index < -0.39 is 17.5 Å². The number of benzene rings is 3. The second kappa shape index (κ2) is 7.78. The van der Waals surface area contributed by atoms with Gasteiger partial charge in [-0.2, -0.15) is 0 Å². The van der Waals surface area contributed by atoms with Crippen LogP contribution < -0.4 is 10.6 Å². The maximum absolute atomic E-state index is 13.2. The smallest absolute Gasteiger partial charge is 0.255 e. The van der Waals surface area contributed by atoms with E-state index in [-0.39, 0.29) is 5.56 Å². The number of anilines is 2. The zero-order valence-corrected chi connectivity index (χ0v) is 14.2. The molecule has 3 aromatic carbocycles. The molecule has 0 radical (unpaired) electrons. The number of aryl methyl sites for hydroxylation is 1. The summed E-state index contributed by atoms with van der Waals surface area (Å²) in [5, 5.41) is 5.96. The maximum atomic E-state index is 13.2. The lowest BCUT2D eigenvalue weighted by Crippen LogP contribution is -2.12. The van der Waals surface area contributed by atoms with Crippen LogP contribution in [0.15, 0.2) is 66.7 Å². The first kappa shape index (κ1) is 17.6. The highest BCUT2D eigenvalue weighted by molar-refractivity contribution is 6.04. The van der Waals surface area contributed by atoms with E-state index in [1.54, 1.807) is 12.1 Å². The summed E-state index contributed by atoms with van der Waals surface area (Å²) in [7, 11) is 0. The zero-order chi connectivity index (χ0) is 18.5. The summed E-state index contributed by atoms with van der Waals surface area (Å²) in [6.45, 7) is 2.74. The molecular formula is C21H18F2N2O. The van der Waals surface area contributed by atoms with Crippen LogP contribution in [0.5, 0.6) is 0 Å². The Hall–Kier alpha value is -3.21. The van der Waals surface area contributed by atoms with Crippen LogP contribution in [0.4, 0.5) is 20.2 Å². The van der Waals surface area contributed by atoms with Crippen molar-refractivity contribution in [1.29, 1.82) is 0 Å². The van der Waals surface area contributed by atoms with Gasteiger partial charge in [0.05, 0.1) is 0 Å². The highest BCUT2D eigenvalue weighted by atomic mass is 19.2. The maximum Gasteiger partial charge on any atom is 0.255 e. The number of nitrogens with one attached hydrogen (secondary N) is 2. The molecule has 0 saturated heterocycles. The number of carbonyl (C=O) groups excluding carboxylic acids is 1. The van der Waals surface area contributed by atoms with Gasteiger partial charge < -0.3 is 10.6 Å². The minimum atomic E-state index is -1.05. The summed E-state index contributed by atoms with van der Waals surface area (Å²) in [6.07, 6.45) is 0. The van der Waals surface area contributed by atoms with Gasteiger partial charge >= 0.3 is 0 Å². The number of halogens is 2. The van der Waals surface area contributed by atoms with Crippen LogP contribution in [-0.4, -0.2) is 5.91 Å². The summed E-state index contributed by atoms with van der Waals surface area (Å²) < 4.78 is 26.1. The van der Waals surface area contributed by atoms with Gasteiger partial charge in [0, 0.05) is 23.5 Å². The van der Waals surface area contributed by atoms with E-state index in [1.807, 2.05) is 19.1 Å². The van der Waals surface area contributed by atoms with Gasteiger partial charge in [-0.25, -0.2) is 8.78 Å². The molecule has 0 atom stereocenters. The Kier molecular flexibility index (Phi) is 5.27. The molecule has 0 unspecified atom stereocenters. The van der Waals surface area contributed by atoms with E-state index in [1.165, 1.54) is 17.2 Å². The van der Waals surface area contributed by atoms with Crippen LogP contribution in [0, 0.1) is 18.6 Å². The van der Waals surface area contributed by atoms with Crippen molar-refractivity contribution < 1.29 is 13.6 Å². The van der Waals surface area contributed by atoms with E-state index in [0.29, 0.717) is 12.2 Å². The molecule has 0 fully saturated rings. The number of hydrogen-bond donors (Lipinski definition) is 2. The first-order valence-electron chi connectivity index (χ1n) is 8.17. The van der Waals surface area contributed by atoms with Gasteiger partial charge in [0.2, 0.25) is 0 Å². The molecule has 0 aliphatic rings. The third-order valence-electron chi connectivity index (χ3n) is 3.94. The number of amides is 1. The van der Waals surface area contributed by atoms with E-state index in [9.17, 15) is 13.6 Å². The van der Waals surface area contributed by atoms with E-state index in [4.69, 9.17) is 0 Å². The topological polar surface area (TPSA) is 41.1 Å². The van der Waals surface area contributed by atoms with Gasteiger partial charge in [-0.3, -0.25) is 4.79 Å². The predicted octanol–water partition coefficient (Wildman–Crippen LogP) is 5.14. The van der Waals surface area contributed by atoms with E-state index >= 15 is 0 Å². The van der Waals surface area contributed by atoms with Crippen molar-refractivity contribution in [2.24, 2.45) is 0 Å². The van der Waals surface area contributed by atoms with Gasteiger partial charge in [-0.05, 0) is 55.0 Å². The Morgan fingerprint density at radius 2 is 1.50 bits per heavy atom. The van der Waals surface area contributed by atoms with Crippen LogP contribution >= 0.6 is 0 Å². The fraction of sp³-hybridized carbons (Fsp3) is 0.0952. The average Bonchev–Trinajstić information content (AvgIpc) is 2.64. The fourth-order valence-electron chi connectivity index (χ4n) is 2.42. The molecule has 0 bridgehead atoms. The number of hydrogen-bond acceptors (Lipinski definition) is 2. The van der Waals surface area contributed by atoms with Crippen molar-refractivity contribution in [1.82, 2.24) is 0 Å². The molecular weight excluding hydrogens is 334 g/mol. The van der Waals surface area contributed by atoms with Crippen LogP contribution in [0.1, 0.15) is 21.5 Å². The Morgan fingerprint density at radius 1 is 0.846 bits per heavy atom. The first-order chi connectivity index (χ1) is 12.5. The van der Waals surface area contributed by atoms with Gasteiger partial charge in [0.25, 0.3) is 5.91 Å². The van der Waals surface area contributed by atoms with Crippen molar-refractivity contribution in [3.05, 3.63) is 95.1 Å². The summed E-state index contributed by atoms with van der Waals surface area (Å²) in [4.78, 5) is 12.1. The lowest BCUT2D eigenvalue weighted by atomic mass is 10.1. The molecule has 0 aliphatic heterocycles. The lowest BCUT2D eigenvalue weighted by molar-refractivity contribution is 0.102. The lowest BCUT2D eigenvalue weighted by Gasteiger charge is -2.09.